The molecule has 2 aliphatic heterocycles. The third-order valence-electron chi connectivity index (χ3n) is 6.21. The number of aliphatic hydroxyl groups excluding tert-OH is 1. The van der Waals surface area contributed by atoms with Gasteiger partial charge < -0.3 is 24.4 Å². The number of fused-ring (bicyclic) bond motifs is 2. The highest BCUT2D eigenvalue weighted by atomic mass is 16.5. The second kappa shape index (κ2) is 9.30. The number of ketones is 1. The Morgan fingerprint density at radius 2 is 1.71 bits per heavy atom. The van der Waals surface area contributed by atoms with E-state index in [1.807, 2.05) is 19.9 Å². The van der Waals surface area contributed by atoms with Crippen LogP contribution in [-0.2, 0) is 24.7 Å². The van der Waals surface area contributed by atoms with Crippen molar-refractivity contribution in [3.8, 4) is 5.75 Å². The quantitative estimate of drug-likeness (QED) is 0.366. The van der Waals surface area contributed by atoms with Crippen LogP contribution in [0.1, 0.15) is 31.4 Å². The number of likely N-dealkylation sites (tertiary alicyclic amines) is 1. The van der Waals surface area contributed by atoms with Crippen molar-refractivity contribution in [1.29, 1.82) is 0 Å². The summed E-state index contributed by atoms with van der Waals surface area (Å²) in [6.07, 6.45) is 0.681. The maximum absolute atomic E-state index is 14.1. The maximum atomic E-state index is 14.1. The van der Waals surface area contributed by atoms with Crippen molar-refractivity contribution in [2.24, 2.45) is 0 Å². The zero-order valence-corrected chi connectivity index (χ0v) is 19.5. The summed E-state index contributed by atoms with van der Waals surface area (Å²) in [4.78, 5) is 43.6. The van der Waals surface area contributed by atoms with Crippen molar-refractivity contribution in [3.63, 3.8) is 0 Å². The van der Waals surface area contributed by atoms with E-state index in [2.05, 4.69) is 0 Å². The van der Waals surface area contributed by atoms with E-state index < -0.39 is 28.9 Å². The van der Waals surface area contributed by atoms with E-state index in [0.29, 0.717) is 42.1 Å². The van der Waals surface area contributed by atoms with Gasteiger partial charge >= 0.3 is 0 Å². The summed E-state index contributed by atoms with van der Waals surface area (Å²) in [6.45, 7) is 4.84. The van der Waals surface area contributed by atoms with Crippen LogP contribution < -0.4 is 9.64 Å². The van der Waals surface area contributed by atoms with Crippen molar-refractivity contribution in [3.05, 3.63) is 65.2 Å². The number of anilines is 1. The van der Waals surface area contributed by atoms with Crippen LogP contribution in [0.25, 0.3) is 5.76 Å². The lowest BCUT2D eigenvalue weighted by molar-refractivity contribution is -0.144. The van der Waals surface area contributed by atoms with E-state index in [4.69, 9.17) is 9.47 Å². The van der Waals surface area contributed by atoms with Gasteiger partial charge in [0.15, 0.2) is 5.54 Å². The molecule has 2 heterocycles. The van der Waals surface area contributed by atoms with Gasteiger partial charge in [-0.25, -0.2) is 0 Å². The van der Waals surface area contributed by atoms with Crippen molar-refractivity contribution in [2.45, 2.75) is 25.8 Å². The third kappa shape index (κ3) is 3.37. The second-order valence-corrected chi connectivity index (χ2v) is 8.14. The molecule has 0 bridgehead atoms. The Labute approximate surface area is 198 Å². The van der Waals surface area contributed by atoms with Gasteiger partial charge in [0.05, 0.1) is 24.5 Å². The number of aliphatic hydroxyl groups is 1. The molecule has 0 aliphatic carbocycles. The molecule has 8 nitrogen and oxygen atoms in total. The highest BCUT2D eigenvalue weighted by Gasteiger charge is 2.66. The largest absolute Gasteiger partial charge is 0.507 e. The number of carbonyl (C=O) groups is 3. The predicted octanol–water partition coefficient (Wildman–Crippen LogP) is 3.06. The third-order valence-corrected chi connectivity index (χ3v) is 6.21. The number of para-hydroxylation sites is 1. The number of amides is 2. The fourth-order valence-electron chi connectivity index (χ4n) is 4.81. The Balaban J connectivity index is 1.99. The predicted molar refractivity (Wildman–Crippen MR) is 127 cm³/mol. The molecule has 2 aromatic rings. The average Bonchev–Trinajstić information content (AvgIpc) is 3.22. The Morgan fingerprint density at radius 1 is 1.00 bits per heavy atom. The number of hydrogen-bond donors (Lipinski definition) is 1. The summed E-state index contributed by atoms with van der Waals surface area (Å²) in [5.74, 6) is -1.97. The second-order valence-electron chi connectivity index (χ2n) is 8.14. The van der Waals surface area contributed by atoms with Gasteiger partial charge in [0.25, 0.3) is 17.6 Å². The molecule has 1 N–H and O–H groups in total. The highest BCUT2D eigenvalue weighted by Crippen LogP contribution is 2.53. The van der Waals surface area contributed by atoms with Gasteiger partial charge in [0, 0.05) is 31.3 Å². The van der Waals surface area contributed by atoms with E-state index >= 15 is 0 Å². The monoisotopic (exact) mass is 464 g/mol. The first-order valence-corrected chi connectivity index (χ1v) is 11.4. The molecular formula is C26H28N2O6. The first kappa shape index (κ1) is 23.5. The van der Waals surface area contributed by atoms with Crippen LogP contribution in [0.4, 0.5) is 5.69 Å². The maximum Gasteiger partial charge on any atom is 0.296 e. The average molecular weight is 465 g/mol. The van der Waals surface area contributed by atoms with Gasteiger partial charge in [-0.2, -0.15) is 0 Å². The van der Waals surface area contributed by atoms with Crippen LogP contribution in [0, 0.1) is 0 Å². The Kier molecular flexibility index (Phi) is 6.43. The molecule has 2 aromatic carbocycles. The summed E-state index contributed by atoms with van der Waals surface area (Å²) < 4.78 is 10.6. The number of benzene rings is 2. The minimum atomic E-state index is -1.76. The van der Waals surface area contributed by atoms with E-state index in [0.717, 1.165) is 0 Å². The lowest BCUT2D eigenvalue weighted by atomic mass is 9.82. The SMILES string of the molecule is CCCN1C(=O)[C@]2(C(=C(O)c3ccc(OCC)cc3)C(=O)C(=O)N2CCOC)c2ccccc21. The molecule has 2 amide bonds. The van der Waals surface area contributed by atoms with Crippen LogP contribution in [0.2, 0.25) is 0 Å². The van der Waals surface area contributed by atoms with Crippen LogP contribution in [0.3, 0.4) is 0 Å². The summed E-state index contributed by atoms with van der Waals surface area (Å²) in [6, 6.07) is 13.6. The van der Waals surface area contributed by atoms with Crippen LogP contribution in [-0.4, -0.2) is 61.0 Å². The smallest absolute Gasteiger partial charge is 0.296 e. The van der Waals surface area contributed by atoms with E-state index in [9.17, 15) is 19.5 Å². The van der Waals surface area contributed by atoms with E-state index in [1.54, 1.807) is 47.4 Å². The highest BCUT2D eigenvalue weighted by molar-refractivity contribution is 6.50. The molecule has 4 rings (SSSR count). The van der Waals surface area contributed by atoms with Gasteiger partial charge in [-0.15, -0.1) is 0 Å². The number of Topliss-reactive ketones (excluding diaryl/α,β-unsaturated/α-hetero) is 1. The fourth-order valence-corrected chi connectivity index (χ4v) is 4.81. The lowest BCUT2D eigenvalue weighted by Crippen LogP contribution is -2.52. The molecule has 1 saturated heterocycles. The van der Waals surface area contributed by atoms with Gasteiger partial charge in [-0.05, 0) is 43.7 Å². The summed E-state index contributed by atoms with van der Waals surface area (Å²) in [5, 5.41) is 11.4. The molecular weight excluding hydrogens is 436 g/mol. The molecule has 0 radical (unpaired) electrons. The van der Waals surface area contributed by atoms with Gasteiger partial charge in [-0.1, -0.05) is 25.1 Å². The first-order chi connectivity index (χ1) is 16.4. The molecule has 178 valence electrons. The topological polar surface area (TPSA) is 96.4 Å². The minimum absolute atomic E-state index is 0.0151. The van der Waals surface area contributed by atoms with Crippen molar-refractivity contribution >= 4 is 29.0 Å². The molecule has 0 aromatic heterocycles. The van der Waals surface area contributed by atoms with E-state index in [1.165, 1.54) is 12.0 Å². The van der Waals surface area contributed by atoms with Crippen molar-refractivity contribution in [1.82, 2.24) is 4.90 Å². The zero-order chi connectivity index (χ0) is 24.5. The standard InChI is InChI=1S/C26H28N2O6/c1-4-14-27-20-9-7-6-8-19(20)26(25(27)32)21(23(30)24(31)28(26)15-16-33-3)22(29)17-10-12-18(13-11-17)34-5-2/h6-13,29H,4-5,14-16H2,1-3H3/t26-/m1/s1. The molecule has 0 unspecified atom stereocenters. The normalized spacial score (nSPS) is 21.0. The minimum Gasteiger partial charge on any atom is -0.507 e. The van der Waals surface area contributed by atoms with Crippen molar-refractivity contribution in [2.75, 3.05) is 38.3 Å². The van der Waals surface area contributed by atoms with Gasteiger partial charge in [0.1, 0.15) is 11.5 Å². The molecule has 0 saturated carbocycles. The van der Waals surface area contributed by atoms with Crippen LogP contribution >= 0.6 is 0 Å². The number of rotatable bonds is 8. The Hall–Kier alpha value is -3.65. The van der Waals surface area contributed by atoms with Crippen LogP contribution in [0.15, 0.2) is 54.1 Å². The number of carbonyl (C=O) groups excluding carboxylic acids is 3. The number of ether oxygens (including phenoxy) is 2. The lowest BCUT2D eigenvalue weighted by Gasteiger charge is -2.34. The van der Waals surface area contributed by atoms with Crippen LogP contribution in [0.5, 0.6) is 5.75 Å². The molecule has 1 fully saturated rings. The fraction of sp³-hybridized carbons (Fsp3) is 0.346. The molecule has 1 atom stereocenters. The molecule has 34 heavy (non-hydrogen) atoms. The van der Waals surface area contributed by atoms with E-state index in [-0.39, 0.29) is 18.7 Å². The van der Waals surface area contributed by atoms with Gasteiger partial charge in [0.2, 0.25) is 0 Å². The van der Waals surface area contributed by atoms with Gasteiger partial charge in [-0.3, -0.25) is 14.4 Å². The number of methoxy groups -OCH3 is 1. The first-order valence-electron chi connectivity index (χ1n) is 11.4. The summed E-state index contributed by atoms with van der Waals surface area (Å²) in [5.41, 5.74) is -0.561. The molecule has 8 heteroatoms. The Morgan fingerprint density at radius 3 is 2.35 bits per heavy atom. The zero-order valence-electron chi connectivity index (χ0n) is 19.5. The Bertz CT molecular complexity index is 1160. The summed E-state index contributed by atoms with van der Waals surface area (Å²) in [7, 11) is 1.48. The summed E-state index contributed by atoms with van der Waals surface area (Å²) >= 11 is 0. The van der Waals surface area contributed by atoms with Crippen molar-refractivity contribution < 1.29 is 29.0 Å². The molecule has 1 spiro atoms. The number of nitrogens with zero attached hydrogens (tertiary/aromatic N) is 2. The number of hydrogen-bond acceptors (Lipinski definition) is 6. The molecule has 2 aliphatic rings.